The van der Waals surface area contributed by atoms with Gasteiger partial charge in [0.15, 0.2) is 12.0 Å². The fraction of sp³-hybridized carbons (Fsp3) is 0.462. The molecule has 0 radical (unpaired) electrons. The summed E-state index contributed by atoms with van der Waals surface area (Å²) in [6, 6.07) is 3.89. The topological polar surface area (TPSA) is 53.1 Å². The maximum atomic E-state index is 9.91. The van der Waals surface area contributed by atoms with Gasteiger partial charge in [0.1, 0.15) is 0 Å². The molecule has 0 saturated heterocycles. The molecule has 3 heteroatoms. The summed E-state index contributed by atoms with van der Waals surface area (Å²) in [5.41, 5.74) is 0. The average molecular weight is 223 g/mol. The van der Waals surface area contributed by atoms with Crippen LogP contribution >= 0.6 is 0 Å². The van der Waals surface area contributed by atoms with Crippen molar-refractivity contribution < 1.29 is 9.90 Å². The van der Waals surface area contributed by atoms with Gasteiger partial charge in [-0.1, -0.05) is 26.2 Å². The van der Waals surface area contributed by atoms with Crippen molar-refractivity contribution >= 4 is 6.29 Å². The van der Waals surface area contributed by atoms with Crippen molar-refractivity contribution in [2.45, 2.75) is 39.0 Å². The third-order valence-electron chi connectivity index (χ3n) is 2.03. The number of rotatable bonds is 6. The number of H-pyrrole nitrogens is 1. The Morgan fingerprint density at radius 1 is 1.25 bits per heavy atom. The molecule has 0 aromatic carbocycles. The minimum atomic E-state index is -0.138. The van der Waals surface area contributed by atoms with Gasteiger partial charge in [-0.05, 0) is 31.1 Å². The number of carbonyl (C=O) groups is 1. The van der Waals surface area contributed by atoms with E-state index in [-0.39, 0.29) is 5.76 Å². The molecule has 2 N–H and O–H groups in total. The molecule has 0 amide bonds. The number of aliphatic hydroxyl groups excluding tert-OH is 1. The Balaban J connectivity index is 0.000000368. The molecule has 0 spiro atoms. The molecular weight excluding hydrogens is 202 g/mol. The van der Waals surface area contributed by atoms with E-state index in [1.165, 1.54) is 19.3 Å². The molecule has 0 aliphatic rings. The predicted molar refractivity (Wildman–Crippen MR) is 66.3 cm³/mol. The van der Waals surface area contributed by atoms with Crippen LogP contribution < -0.4 is 0 Å². The highest BCUT2D eigenvalue weighted by Crippen LogP contribution is 2.03. The number of hydrogen-bond donors (Lipinski definition) is 2. The number of aromatic amines is 1. The van der Waals surface area contributed by atoms with E-state index in [4.69, 9.17) is 5.11 Å². The van der Waals surface area contributed by atoms with Crippen LogP contribution in [0.1, 0.15) is 39.0 Å². The van der Waals surface area contributed by atoms with E-state index in [0.717, 1.165) is 12.8 Å². The zero-order valence-corrected chi connectivity index (χ0v) is 9.86. The Kier molecular flexibility index (Phi) is 10.5. The van der Waals surface area contributed by atoms with Gasteiger partial charge in [0.25, 0.3) is 0 Å². The van der Waals surface area contributed by atoms with Crippen LogP contribution in [0.3, 0.4) is 0 Å². The minimum Gasteiger partial charge on any atom is -0.505 e. The number of carbonyl (C=O) groups excluding carboxylic acids is 1. The first-order valence-corrected chi connectivity index (χ1v) is 5.73. The quantitative estimate of drug-likeness (QED) is 0.335. The molecule has 0 aliphatic heterocycles. The minimum absolute atomic E-state index is 0.138. The molecule has 0 saturated carbocycles. The van der Waals surface area contributed by atoms with Gasteiger partial charge in [0, 0.05) is 12.4 Å². The lowest BCUT2D eigenvalue weighted by Crippen LogP contribution is -1.81. The third kappa shape index (κ3) is 10.6. The lowest BCUT2D eigenvalue weighted by molar-refractivity contribution is -0.107. The van der Waals surface area contributed by atoms with E-state index < -0.39 is 0 Å². The number of aromatic nitrogens is 1. The fourth-order valence-electron chi connectivity index (χ4n) is 1.15. The van der Waals surface area contributed by atoms with Crippen molar-refractivity contribution in [1.82, 2.24) is 4.98 Å². The molecule has 0 atom stereocenters. The van der Waals surface area contributed by atoms with Crippen LogP contribution in [0, 0.1) is 0 Å². The Hall–Kier alpha value is -1.51. The Morgan fingerprint density at radius 2 is 1.94 bits per heavy atom. The van der Waals surface area contributed by atoms with Crippen LogP contribution in [0.2, 0.25) is 0 Å². The van der Waals surface area contributed by atoms with E-state index in [1.54, 1.807) is 6.08 Å². The van der Waals surface area contributed by atoms with E-state index >= 15 is 0 Å². The van der Waals surface area contributed by atoms with E-state index in [9.17, 15) is 4.79 Å². The molecule has 0 bridgehead atoms. The van der Waals surface area contributed by atoms with E-state index in [1.807, 2.05) is 24.5 Å². The van der Waals surface area contributed by atoms with Gasteiger partial charge in [-0.25, -0.2) is 0 Å². The van der Waals surface area contributed by atoms with Crippen LogP contribution in [0.5, 0.6) is 0 Å². The van der Waals surface area contributed by atoms with Gasteiger partial charge in [0.05, 0.1) is 0 Å². The van der Waals surface area contributed by atoms with E-state index in [2.05, 4.69) is 11.9 Å². The van der Waals surface area contributed by atoms with Gasteiger partial charge in [0.2, 0.25) is 0 Å². The maximum Gasteiger partial charge on any atom is 0.184 e. The van der Waals surface area contributed by atoms with Crippen molar-refractivity contribution in [3.63, 3.8) is 0 Å². The van der Waals surface area contributed by atoms with Gasteiger partial charge >= 0.3 is 0 Å². The Bertz CT molecular complexity index is 248. The number of aldehydes is 1. The first-order chi connectivity index (χ1) is 7.81. The van der Waals surface area contributed by atoms with Gasteiger partial charge in [-0.15, -0.1) is 0 Å². The molecule has 1 aromatic rings. The number of hydrogen-bond acceptors (Lipinski definition) is 2. The highest BCUT2D eigenvalue weighted by Gasteiger charge is 1.88. The van der Waals surface area contributed by atoms with Gasteiger partial charge in [-0.2, -0.15) is 0 Å². The SMILES string of the molecule is CCCCCCC=C(O)C=O.c1cc[nH]c1. The summed E-state index contributed by atoms with van der Waals surface area (Å²) in [6.45, 7) is 2.15. The van der Waals surface area contributed by atoms with Crippen molar-refractivity contribution in [3.05, 3.63) is 36.4 Å². The molecular formula is C13H21NO2. The number of nitrogens with one attached hydrogen (secondary N) is 1. The van der Waals surface area contributed by atoms with Crippen LogP contribution in [-0.2, 0) is 4.79 Å². The zero-order valence-electron chi connectivity index (χ0n) is 9.86. The average Bonchev–Trinajstić information content (AvgIpc) is 2.87. The second-order valence-corrected chi connectivity index (χ2v) is 3.48. The maximum absolute atomic E-state index is 9.91. The van der Waals surface area contributed by atoms with Crippen LogP contribution in [0.4, 0.5) is 0 Å². The van der Waals surface area contributed by atoms with Crippen molar-refractivity contribution in [3.8, 4) is 0 Å². The fourth-order valence-corrected chi connectivity index (χ4v) is 1.15. The summed E-state index contributed by atoms with van der Waals surface area (Å²) < 4.78 is 0. The van der Waals surface area contributed by atoms with E-state index in [0.29, 0.717) is 6.29 Å². The second-order valence-electron chi connectivity index (χ2n) is 3.48. The second kappa shape index (κ2) is 11.6. The third-order valence-corrected chi connectivity index (χ3v) is 2.03. The lowest BCUT2D eigenvalue weighted by Gasteiger charge is -1.93. The van der Waals surface area contributed by atoms with Crippen LogP contribution in [0.25, 0.3) is 0 Å². The monoisotopic (exact) mass is 223 g/mol. The summed E-state index contributed by atoms with van der Waals surface area (Å²) >= 11 is 0. The molecule has 0 fully saturated rings. The molecule has 3 nitrogen and oxygen atoms in total. The normalized spacial score (nSPS) is 10.4. The molecule has 1 rings (SSSR count). The Labute approximate surface area is 97.2 Å². The van der Waals surface area contributed by atoms with Crippen LogP contribution in [-0.4, -0.2) is 16.4 Å². The number of aliphatic hydroxyl groups is 1. The summed E-state index contributed by atoms with van der Waals surface area (Å²) in [6.07, 6.45) is 11.3. The highest BCUT2D eigenvalue weighted by molar-refractivity contribution is 5.69. The van der Waals surface area contributed by atoms with Crippen molar-refractivity contribution in [2.75, 3.05) is 0 Å². The summed E-state index contributed by atoms with van der Waals surface area (Å²) in [4.78, 5) is 12.8. The summed E-state index contributed by atoms with van der Waals surface area (Å²) in [5, 5.41) is 8.71. The number of allylic oxidation sites excluding steroid dienone is 2. The first-order valence-electron chi connectivity index (χ1n) is 5.73. The van der Waals surface area contributed by atoms with Gasteiger partial charge < -0.3 is 10.1 Å². The van der Waals surface area contributed by atoms with Gasteiger partial charge in [-0.3, -0.25) is 4.79 Å². The van der Waals surface area contributed by atoms with Crippen molar-refractivity contribution in [2.24, 2.45) is 0 Å². The standard InChI is InChI=1S/C9H16O2.C4H5N/c1-2-3-4-5-6-7-9(11)8-10;1-2-4-5-3-1/h7-8,11H,2-6H2,1H3;1-5H. The number of unbranched alkanes of at least 4 members (excludes halogenated alkanes) is 4. The Morgan fingerprint density at radius 3 is 2.38 bits per heavy atom. The zero-order chi connectivity index (χ0) is 12.1. The molecule has 1 aromatic heterocycles. The molecule has 0 aliphatic carbocycles. The van der Waals surface area contributed by atoms with Crippen LogP contribution in [0.15, 0.2) is 36.4 Å². The highest BCUT2D eigenvalue weighted by atomic mass is 16.3. The summed E-state index contributed by atoms with van der Waals surface area (Å²) in [5.74, 6) is -0.138. The van der Waals surface area contributed by atoms with Crippen molar-refractivity contribution in [1.29, 1.82) is 0 Å². The lowest BCUT2D eigenvalue weighted by atomic mass is 10.1. The largest absolute Gasteiger partial charge is 0.505 e. The first kappa shape index (κ1) is 14.5. The predicted octanol–water partition coefficient (Wildman–Crippen LogP) is 3.61. The molecule has 90 valence electrons. The molecule has 1 heterocycles. The summed E-state index contributed by atoms with van der Waals surface area (Å²) in [7, 11) is 0. The molecule has 16 heavy (non-hydrogen) atoms. The smallest absolute Gasteiger partial charge is 0.184 e. The molecule has 0 unspecified atom stereocenters.